The zero-order chi connectivity index (χ0) is 15.0. The zero-order valence-electron chi connectivity index (χ0n) is 11.8. The van der Waals surface area contributed by atoms with Crippen LogP contribution in [0.25, 0.3) is 11.1 Å². The maximum atomic E-state index is 12.3. The van der Waals surface area contributed by atoms with Gasteiger partial charge in [-0.2, -0.15) is 0 Å². The van der Waals surface area contributed by atoms with Crippen LogP contribution in [0.2, 0.25) is 5.02 Å². The topological polar surface area (TPSA) is 55.5 Å². The molecule has 0 unspecified atom stereocenters. The van der Waals surface area contributed by atoms with E-state index in [1.807, 2.05) is 4.90 Å². The van der Waals surface area contributed by atoms with Gasteiger partial charge in [0.15, 0.2) is 5.58 Å². The van der Waals surface area contributed by atoms with E-state index in [4.69, 9.17) is 16.0 Å². The van der Waals surface area contributed by atoms with Crippen molar-refractivity contribution in [3.05, 3.63) is 33.8 Å². The Kier molecular flexibility index (Phi) is 3.76. The fourth-order valence-corrected chi connectivity index (χ4v) is 2.85. The lowest BCUT2D eigenvalue weighted by Gasteiger charge is -2.30. The minimum atomic E-state index is -0.522. The Morgan fingerprint density at radius 2 is 2.10 bits per heavy atom. The summed E-state index contributed by atoms with van der Waals surface area (Å²) in [5.74, 6) is 0.0984. The standard InChI is InChI=1S/C15H17ClN2O3/c1-10-4-6-17(7-5-10)14(19)9-18-12-3-2-11(16)8-13(12)21-15(18)20/h2-3,8,10H,4-7,9H2,1H3. The minimum Gasteiger partial charge on any atom is -0.408 e. The van der Waals surface area contributed by atoms with Gasteiger partial charge < -0.3 is 9.32 Å². The summed E-state index contributed by atoms with van der Waals surface area (Å²) in [6.45, 7) is 3.73. The van der Waals surface area contributed by atoms with Gasteiger partial charge in [-0.25, -0.2) is 4.79 Å². The zero-order valence-corrected chi connectivity index (χ0v) is 12.6. The molecule has 2 aromatic rings. The van der Waals surface area contributed by atoms with Crippen molar-refractivity contribution in [2.45, 2.75) is 26.3 Å². The first-order valence-corrected chi connectivity index (χ1v) is 7.49. The number of carbonyl (C=O) groups is 1. The molecule has 0 aliphatic carbocycles. The van der Waals surface area contributed by atoms with Crippen molar-refractivity contribution < 1.29 is 9.21 Å². The van der Waals surface area contributed by atoms with Gasteiger partial charge in [0.1, 0.15) is 6.54 Å². The summed E-state index contributed by atoms with van der Waals surface area (Å²) in [5.41, 5.74) is 1.01. The van der Waals surface area contributed by atoms with Crippen LogP contribution in [-0.4, -0.2) is 28.5 Å². The molecule has 2 heterocycles. The molecule has 6 heteroatoms. The molecule has 3 rings (SSSR count). The summed E-state index contributed by atoms with van der Waals surface area (Å²) in [7, 11) is 0. The van der Waals surface area contributed by atoms with E-state index < -0.39 is 5.76 Å². The number of hydrogen-bond acceptors (Lipinski definition) is 3. The summed E-state index contributed by atoms with van der Waals surface area (Å²) < 4.78 is 6.50. The first kappa shape index (κ1) is 14.2. The van der Waals surface area contributed by atoms with Crippen molar-refractivity contribution in [3.8, 4) is 0 Å². The van der Waals surface area contributed by atoms with E-state index in [2.05, 4.69) is 6.92 Å². The summed E-state index contributed by atoms with van der Waals surface area (Å²) >= 11 is 5.87. The fraction of sp³-hybridized carbons (Fsp3) is 0.467. The Morgan fingerprint density at radius 1 is 1.38 bits per heavy atom. The number of likely N-dealkylation sites (tertiary alicyclic amines) is 1. The number of nitrogens with zero attached hydrogens (tertiary/aromatic N) is 2. The second kappa shape index (κ2) is 5.56. The van der Waals surface area contributed by atoms with Crippen LogP contribution in [-0.2, 0) is 11.3 Å². The van der Waals surface area contributed by atoms with Gasteiger partial charge in [0.25, 0.3) is 0 Å². The highest BCUT2D eigenvalue weighted by molar-refractivity contribution is 6.31. The second-order valence-corrected chi connectivity index (χ2v) is 6.07. The molecule has 21 heavy (non-hydrogen) atoms. The Labute approximate surface area is 127 Å². The fourth-order valence-electron chi connectivity index (χ4n) is 2.68. The van der Waals surface area contributed by atoms with Gasteiger partial charge in [0, 0.05) is 24.2 Å². The van der Waals surface area contributed by atoms with Crippen molar-refractivity contribution in [1.29, 1.82) is 0 Å². The maximum Gasteiger partial charge on any atom is 0.420 e. The van der Waals surface area contributed by atoms with E-state index in [0.29, 0.717) is 22.0 Å². The van der Waals surface area contributed by atoms with E-state index >= 15 is 0 Å². The maximum absolute atomic E-state index is 12.3. The van der Waals surface area contributed by atoms with E-state index in [1.54, 1.807) is 18.2 Å². The predicted octanol–water partition coefficient (Wildman–Crippen LogP) is 2.51. The van der Waals surface area contributed by atoms with Gasteiger partial charge in [-0.3, -0.25) is 9.36 Å². The van der Waals surface area contributed by atoms with Gasteiger partial charge in [-0.15, -0.1) is 0 Å². The Morgan fingerprint density at radius 3 is 2.81 bits per heavy atom. The van der Waals surface area contributed by atoms with Crippen LogP contribution in [0.3, 0.4) is 0 Å². The van der Waals surface area contributed by atoms with Crippen molar-refractivity contribution >= 4 is 28.6 Å². The molecule has 1 aromatic heterocycles. The first-order chi connectivity index (χ1) is 10.0. The molecule has 1 aliphatic rings. The van der Waals surface area contributed by atoms with Crippen molar-refractivity contribution in [2.24, 2.45) is 5.92 Å². The average molecular weight is 309 g/mol. The summed E-state index contributed by atoms with van der Waals surface area (Å²) in [5, 5.41) is 0.500. The largest absolute Gasteiger partial charge is 0.420 e. The molecular formula is C15H17ClN2O3. The number of carbonyl (C=O) groups excluding carboxylic acids is 1. The molecule has 0 N–H and O–H groups in total. The smallest absolute Gasteiger partial charge is 0.408 e. The van der Waals surface area contributed by atoms with Crippen LogP contribution < -0.4 is 5.76 Å². The quantitative estimate of drug-likeness (QED) is 0.856. The number of rotatable bonds is 2. The highest BCUT2D eigenvalue weighted by Crippen LogP contribution is 2.19. The van der Waals surface area contributed by atoms with Crippen LogP contribution in [0.5, 0.6) is 0 Å². The summed E-state index contributed by atoms with van der Waals surface area (Å²) in [6.07, 6.45) is 2.03. The van der Waals surface area contributed by atoms with Crippen molar-refractivity contribution in [1.82, 2.24) is 9.47 Å². The molecule has 5 nitrogen and oxygen atoms in total. The molecule has 1 aromatic carbocycles. The third-order valence-electron chi connectivity index (χ3n) is 4.06. The lowest BCUT2D eigenvalue weighted by molar-refractivity contribution is -0.133. The molecule has 1 fully saturated rings. The molecule has 0 bridgehead atoms. The Bertz CT molecular complexity index is 726. The monoisotopic (exact) mass is 308 g/mol. The van der Waals surface area contributed by atoms with E-state index in [0.717, 1.165) is 25.9 Å². The van der Waals surface area contributed by atoms with Gasteiger partial charge in [-0.05, 0) is 30.9 Å². The molecule has 112 valence electrons. The number of hydrogen-bond donors (Lipinski definition) is 0. The number of oxazole rings is 1. The van der Waals surface area contributed by atoms with Crippen molar-refractivity contribution in [3.63, 3.8) is 0 Å². The molecule has 0 radical (unpaired) electrons. The molecule has 1 aliphatic heterocycles. The normalized spacial score (nSPS) is 16.6. The minimum absolute atomic E-state index is 0.0157. The first-order valence-electron chi connectivity index (χ1n) is 7.11. The third-order valence-corrected chi connectivity index (χ3v) is 4.30. The number of halogens is 1. The van der Waals surface area contributed by atoms with Crippen LogP contribution in [0.1, 0.15) is 19.8 Å². The highest BCUT2D eigenvalue weighted by atomic mass is 35.5. The molecule has 0 spiro atoms. The number of fused-ring (bicyclic) bond motifs is 1. The third kappa shape index (κ3) is 2.83. The van der Waals surface area contributed by atoms with Gasteiger partial charge in [0.05, 0.1) is 5.52 Å². The second-order valence-electron chi connectivity index (χ2n) is 5.63. The van der Waals surface area contributed by atoms with E-state index in [1.165, 1.54) is 4.57 Å². The van der Waals surface area contributed by atoms with Gasteiger partial charge in [0.2, 0.25) is 5.91 Å². The van der Waals surface area contributed by atoms with Crippen LogP contribution in [0.4, 0.5) is 0 Å². The van der Waals surface area contributed by atoms with Crippen molar-refractivity contribution in [2.75, 3.05) is 13.1 Å². The number of benzene rings is 1. The van der Waals surface area contributed by atoms with Crippen LogP contribution in [0.15, 0.2) is 27.4 Å². The highest BCUT2D eigenvalue weighted by Gasteiger charge is 2.22. The molecule has 1 saturated heterocycles. The lowest BCUT2D eigenvalue weighted by atomic mass is 9.99. The molecule has 0 saturated carbocycles. The Balaban J connectivity index is 1.83. The predicted molar refractivity (Wildman–Crippen MR) is 80.5 cm³/mol. The number of aromatic nitrogens is 1. The van der Waals surface area contributed by atoms with Gasteiger partial charge in [-0.1, -0.05) is 18.5 Å². The van der Waals surface area contributed by atoms with Crippen LogP contribution in [0, 0.1) is 5.92 Å². The SMILES string of the molecule is CC1CCN(C(=O)Cn2c(=O)oc3cc(Cl)ccc32)CC1. The Hall–Kier alpha value is -1.75. The van der Waals surface area contributed by atoms with Gasteiger partial charge >= 0.3 is 5.76 Å². The van der Waals surface area contributed by atoms with E-state index in [-0.39, 0.29) is 12.5 Å². The number of piperidine rings is 1. The lowest BCUT2D eigenvalue weighted by Crippen LogP contribution is -2.40. The number of amides is 1. The molecule has 0 atom stereocenters. The van der Waals surface area contributed by atoms with Crippen LogP contribution >= 0.6 is 11.6 Å². The average Bonchev–Trinajstić information content (AvgIpc) is 2.75. The van der Waals surface area contributed by atoms with E-state index in [9.17, 15) is 9.59 Å². The summed E-state index contributed by atoms with van der Waals surface area (Å²) in [6, 6.07) is 4.97. The summed E-state index contributed by atoms with van der Waals surface area (Å²) in [4.78, 5) is 26.1. The molecule has 1 amide bonds. The molecular weight excluding hydrogens is 292 g/mol.